The van der Waals surface area contributed by atoms with E-state index < -0.39 is 0 Å². The molecule has 0 saturated heterocycles. The maximum Gasteiger partial charge on any atom is 0.251 e. The molecule has 1 aromatic carbocycles. The van der Waals surface area contributed by atoms with E-state index in [1.54, 1.807) is 11.3 Å². The largest absolute Gasteiger partial charge is 0.348 e. The summed E-state index contributed by atoms with van der Waals surface area (Å²) in [5, 5.41) is 6.96. The fourth-order valence-electron chi connectivity index (χ4n) is 1.82. The first kappa shape index (κ1) is 8.68. The molecular weight excluding hydrogens is 206 g/mol. The van der Waals surface area contributed by atoms with E-state index in [0.717, 1.165) is 16.7 Å². The monoisotopic (exact) mass is 215 g/mol. The van der Waals surface area contributed by atoms with Gasteiger partial charge in [0.1, 0.15) is 0 Å². The molecule has 0 radical (unpaired) electrons. The molecule has 2 nitrogen and oxygen atoms in total. The van der Waals surface area contributed by atoms with Crippen LogP contribution in [0.25, 0.3) is 11.1 Å². The van der Waals surface area contributed by atoms with Gasteiger partial charge in [-0.25, -0.2) is 0 Å². The van der Waals surface area contributed by atoms with Crippen molar-refractivity contribution in [2.75, 3.05) is 0 Å². The minimum absolute atomic E-state index is 0.0436. The molecule has 1 N–H and O–H groups in total. The summed E-state index contributed by atoms with van der Waals surface area (Å²) in [6.07, 6.45) is 0. The number of hydrogen-bond donors (Lipinski definition) is 1. The second-order valence-corrected chi connectivity index (χ2v) is 4.35. The third-order valence-corrected chi connectivity index (χ3v) is 3.33. The fraction of sp³-hybridized carbons (Fsp3) is 0.0833. The van der Waals surface area contributed by atoms with Crippen LogP contribution in [0.3, 0.4) is 0 Å². The Morgan fingerprint density at radius 3 is 2.93 bits per heavy atom. The molecule has 1 amide bonds. The third-order valence-electron chi connectivity index (χ3n) is 2.65. The molecule has 2 heterocycles. The molecule has 0 bridgehead atoms. The van der Waals surface area contributed by atoms with E-state index in [9.17, 15) is 4.79 Å². The van der Waals surface area contributed by atoms with E-state index in [2.05, 4.69) is 22.8 Å². The number of thiophene rings is 1. The fourth-order valence-corrected chi connectivity index (χ4v) is 2.49. The molecule has 0 fully saturated rings. The normalized spacial score (nSPS) is 13.7. The first-order chi connectivity index (χ1) is 7.34. The summed E-state index contributed by atoms with van der Waals surface area (Å²) >= 11 is 1.67. The Labute approximate surface area is 91.6 Å². The summed E-state index contributed by atoms with van der Waals surface area (Å²) < 4.78 is 0. The SMILES string of the molecule is O=C1NCc2ccc(-c3ccsc3)cc21. The van der Waals surface area contributed by atoms with Crippen LogP contribution in [0.4, 0.5) is 0 Å². The number of amides is 1. The molecule has 2 aromatic rings. The summed E-state index contributed by atoms with van der Waals surface area (Å²) in [4.78, 5) is 11.5. The Hall–Kier alpha value is -1.61. The lowest BCUT2D eigenvalue weighted by Crippen LogP contribution is -2.12. The summed E-state index contributed by atoms with van der Waals surface area (Å²) in [6.45, 7) is 0.665. The highest BCUT2D eigenvalue weighted by molar-refractivity contribution is 7.08. The van der Waals surface area contributed by atoms with Crippen molar-refractivity contribution in [3.8, 4) is 11.1 Å². The zero-order valence-electron chi connectivity index (χ0n) is 7.99. The number of benzene rings is 1. The van der Waals surface area contributed by atoms with Gasteiger partial charge >= 0.3 is 0 Å². The average Bonchev–Trinajstić information content (AvgIpc) is 2.88. The molecule has 3 heteroatoms. The standard InChI is InChI=1S/C12H9NOS/c14-12-11-5-8(10-3-4-15-7-10)1-2-9(11)6-13-12/h1-5,7H,6H2,(H,13,14). The van der Waals surface area contributed by atoms with Gasteiger partial charge in [0, 0.05) is 12.1 Å². The van der Waals surface area contributed by atoms with E-state index in [-0.39, 0.29) is 5.91 Å². The maximum absolute atomic E-state index is 11.5. The first-order valence-corrected chi connectivity index (χ1v) is 5.72. The quantitative estimate of drug-likeness (QED) is 0.778. The average molecular weight is 215 g/mol. The molecule has 0 spiro atoms. The van der Waals surface area contributed by atoms with Crippen molar-refractivity contribution in [3.05, 3.63) is 46.2 Å². The molecule has 0 saturated carbocycles. The summed E-state index contributed by atoms with van der Waals surface area (Å²) in [5.41, 5.74) is 4.22. The minimum Gasteiger partial charge on any atom is -0.348 e. The Morgan fingerprint density at radius 2 is 2.13 bits per heavy atom. The van der Waals surface area contributed by atoms with Gasteiger partial charge in [-0.3, -0.25) is 4.79 Å². The number of hydrogen-bond acceptors (Lipinski definition) is 2. The molecule has 0 aliphatic carbocycles. The second kappa shape index (κ2) is 3.21. The third kappa shape index (κ3) is 1.36. The van der Waals surface area contributed by atoms with Crippen LogP contribution in [0.15, 0.2) is 35.0 Å². The molecule has 0 unspecified atom stereocenters. The lowest BCUT2D eigenvalue weighted by atomic mass is 10.0. The molecule has 1 aliphatic heterocycles. The minimum atomic E-state index is 0.0436. The maximum atomic E-state index is 11.5. The Balaban J connectivity index is 2.13. The van der Waals surface area contributed by atoms with Gasteiger partial charge in [0.05, 0.1) is 0 Å². The van der Waals surface area contributed by atoms with Crippen LogP contribution in [0.2, 0.25) is 0 Å². The van der Waals surface area contributed by atoms with Crippen LogP contribution in [-0.2, 0) is 6.54 Å². The highest BCUT2D eigenvalue weighted by atomic mass is 32.1. The smallest absolute Gasteiger partial charge is 0.251 e. The lowest BCUT2D eigenvalue weighted by Gasteiger charge is -2.00. The number of fused-ring (bicyclic) bond motifs is 1. The molecular formula is C12H9NOS. The van der Waals surface area contributed by atoms with Crippen LogP contribution in [0.1, 0.15) is 15.9 Å². The van der Waals surface area contributed by atoms with Crippen LogP contribution < -0.4 is 5.32 Å². The first-order valence-electron chi connectivity index (χ1n) is 4.78. The lowest BCUT2D eigenvalue weighted by molar-refractivity contribution is 0.0966. The molecule has 0 atom stereocenters. The predicted octanol–water partition coefficient (Wildman–Crippen LogP) is 2.66. The van der Waals surface area contributed by atoms with E-state index in [0.29, 0.717) is 6.54 Å². The molecule has 3 rings (SSSR count). The van der Waals surface area contributed by atoms with Crippen LogP contribution >= 0.6 is 11.3 Å². The highest BCUT2D eigenvalue weighted by Gasteiger charge is 2.18. The van der Waals surface area contributed by atoms with Gasteiger partial charge in [-0.1, -0.05) is 12.1 Å². The molecule has 74 valence electrons. The molecule has 1 aromatic heterocycles. The van der Waals surface area contributed by atoms with Crippen molar-refractivity contribution >= 4 is 17.2 Å². The molecule has 1 aliphatic rings. The van der Waals surface area contributed by atoms with Crippen molar-refractivity contribution < 1.29 is 4.79 Å². The van der Waals surface area contributed by atoms with Crippen molar-refractivity contribution in [2.24, 2.45) is 0 Å². The van der Waals surface area contributed by atoms with Gasteiger partial charge < -0.3 is 5.32 Å². The number of carbonyl (C=O) groups is 1. The van der Waals surface area contributed by atoms with Crippen molar-refractivity contribution in [1.29, 1.82) is 0 Å². The number of rotatable bonds is 1. The van der Waals surface area contributed by atoms with Gasteiger partial charge in [0.25, 0.3) is 5.91 Å². The zero-order valence-corrected chi connectivity index (χ0v) is 8.80. The highest BCUT2D eigenvalue weighted by Crippen LogP contribution is 2.26. The van der Waals surface area contributed by atoms with E-state index in [1.807, 2.05) is 17.5 Å². The zero-order chi connectivity index (χ0) is 10.3. The van der Waals surface area contributed by atoms with E-state index in [1.165, 1.54) is 5.56 Å². The van der Waals surface area contributed by atoms with Crippen molar-refractivity contribution in [2.45, 2.75) is 6.54 Å². The summed E-state index contributed by atoms with van der Waals surface area (Å²) in [7, 11) is 0. The number of nitrogens with one attached hydrogen (secondary N) is 1. The van der Waals surface area contributed by atoms with Gasteiger partial charge in [0.15, 0.2) is 0 Å². The van der Waals surface area contributed by atoms with Crippen molar-refractivity contribution in [3.63, 3.8) is 0 Å². The predicted molar refractivity (Wildman–Crippen MR) is 60.9 cm³/mol. The second-order valence-electron chi connectivity index (χ2n) is 3.57. The topological polar surface area (TPSA) is 29.1 Å². The van der Waals surface area contributed by atoms with Gasteiger partial charge in [-0.15, -0.1) is 0 Å². The number of carbonyl (C=O) groups excluding carboxylic acids is 1. The van der Waals surface area contributed by atoms with Gasteiger partial charge in [-0.05, 0) is 39.6 Å². The summed E-state index contributed by atoms with van der Waals surface area (Å²) in [5.74, 6) is 0.0436. The van der Waals surface area contributed by atoms with Gasteiger partial charge in [0.2, 0.25) is 0 Å². The van der Waals surface area contributed by atoms with Crippen LogP contribution in [0.5, 0.6) is 0 Å². The Kier molecular flexibility index (Phi) is 1.86. The summed E-state index contributed by atoms with van der Waals surface area (Å²) in [6, 6.07) is 8.14. The van der Waals surface area contributed by atoms with Crippen molar-refractivity contribution in [1.82, 2.24) is 5.32 Å². The van der Waals surface area contributed by atoms with E-state index in [4.69, 9.17) is 0 Å². The van der Waals surface area contributed by atoms with Crippen LogP contribution in [-0.4, -0.2) is 5.91 Å². The van der Waals surface area contributed by atoms with Gasteiger partial charge in [-0.2, -0.15) is 11.3 Å². The van der Waals surface area contributed by atoms with E-state index >= 15 is 0 Å². The Morgan fingerprint density at radius 1 is 1.20 bits per heavy atom. The van der Waals surface area contributed by atoms with Crippen LogP contribution in [0, 0.1) is 0 Å². The Bertz CT molecular complexity index is 516. The molecule has 15 heavy (non-hydrogen) atoms.